The van der Waals surface area contributed by atoms with Crippen molar-refractivity contribution in [2.45, 2.75) is 25.6 Å². The first-order valence-electron chi connectivity index (χ1n) is 10.4. The molecule has 33 heavy (non-hydrogen) atoms. The van der Waals surface area contributed by atoms with Gasteiger partial charge in [-0.2, -0.15) is 0 Å². The Hall–Kier alpha value is -3.29. The van der Waals surface area contributed by atoms with Gasteiger partial charge in [-0.1, -0.05) is 59.3 Å². The first-order chi connectivity index (χ1) is 16.0. The van der Waals surface area contributed by atoms with Crippen molar-refractivity contribution < 1.29 is 9.53 Å². The second kappa shape index (κ2) is 10.6. The summed E-state index contributed by atoms with van der Waals surface area (Å²) in [6.07, 6.45) is 0. The van der Waals surface area contributed by atoms with E-state index in [1.54, 1.807) is 24.3 Å². The molecule has 1 aromatic heterocycles. The van der Waals surface area contributed by atoms with Crippen molar-refractivity contribution in [3.63, 3.8) is 0 Å². The molecule has 1 amide bonds. The molecule has 8 heteroatoms. The Morgan fingerprint density at radius 1 is 1.03 bits per heavy atom. The van der Waals surface area contributed by atoms with Crippen molar-refractivity contribution >= 4 is 35.0 Å². The van der Waals surface area contributed by atoms with E-state index in [9.17, 15) is 4.79 Å². The zero-order chi connectivity index (χ0) is 23.2. The first-order valence-corrected chi connectivity index (χ1v) is 11.7. The molecule has 3 aromatic carbocycles. The highest BCUT2D eigenvalue weighted by Crippen LogP contribution is 2.24. The van der Waals surface area contributed by atoms with Crippen molar-refractivity contribution in [3.05, 3.63) is 94.8 Å². The molecule has 0 aliphatic carbocycles. The maximum Gasteiger partial charge on any atom is 0.234 e. The monoisotopic (exact) mass is 478 g/mol. The molecular weight excluding hydrogens is 456 g/mol. The van der Waals surface area contributed by atoms with Crippen LogP contribution in [0.15, 0.2) is 78.0 Å². The van der Waals surface area contributed by atoms with E-state index in [0.29, 0.717) is 21.8 Å². The van der Waals surface area contributed by atoms with E-state index < -0.39 is 0 Å². The molecule has 4 rings (SSSR count). The number of ether oxygens (including phenoxy) is 1. The fourth-order valence-corrected chi connectivity index (χ4v) is 4.17. The van der Waals surface area contributed by atoms with Crippen LogP contribution in [0.2, 0.25) is 5.02 Å². The smallest absolute Gasteiger partial charge is 0.234 e. The number of hydrogen-bond donors (Lipinski definition) is 1. The number of anilines is 1. The summed E-state index contributed by atoms with van der Waals surface area (Å²) in [6.45, 7) is 4.23. The first kappa shape index (κ1) is 22.9. The number of thioether (sulfide) groups is 1. The van der Waals surface area contributed by atoms with Crippen LogP contribution in [0.3, 0.4) is 0 Å². The topological polar surface area (TPSA) is 69.0 Å². The van der Waals surface area contributed by atoms with Crippen LogP contribution in [0, 0.1) is 13.8 Å². The number of carbonyl (C=O) groups excluding carboxylic acids is 1. The molecule has 0 spiro atoms. The minimum Gasteiger partial charge on any atom is -0.486 e. The number of nitrogens with zero attached hydrogens (tertiary/aromatic N) is 3. The van der Waals surface area contributed by atoms with Crippen molar-refractivity contribution in [2.24, 2.45) is 0 Å². The van der Waals surface area contributed by atoms with Gasteiger partial charge in [0.25, 0.3) is 0 Å². The van der Waals surface area contributed by atoms with Crippen LogP contribution in [-0.4, -0.2) is 26.4 Å². The molecule has 168 valence electrons. The van der Waals surface area contributed by atoms with E-state index in [4.69, 9.17) is 16.3 Å². The zero-order valence-electron chi connectivity index (χ0n) is 18.3. The van der Waals surface area contributed by atoms with E-state index in [-0.39, 0.29) is 18.3 Å². The fraction of sp³-hybridized carbons (Fsp3) is 0.160. The summed E-state index contributed by atoms with van der Waals surface area (Å²) in [7, 11) is 0. The third kappa shape index (κ3) is 5.94. The number of amides is 1. The molecule has 1 N–H and O–H groups in total. The number of aromatic nitrogens is 3. The predicted octanol–water partition coefficient (Wildman–Crippen LogP) is 5.85. The van der Waals surface area contributed by atoms with Crippen LogP contribution < -0.4 is 10.1 Å². The van der Waals surface area contributed by atoms with Crippen LogP contribution in [0.5, 0.6) is 5.75 Å². The van der Waals surface area contributed by atoms with Crippen molar-refractivity contribution in [1.82, 2.24) is 14.8 Å². The van der Waals surface area contributed by atoms with Crippen molar-refractivity contribution in [1.29, 1.82) is 0 Å². The highest BCUT2D eigenvalue weighted by Gasteiger charge is 2.17. The predicted molar refractivity (Wildman–Crippen MR) is 132 cm³/mol. The summed E-state index contributed by atoms with van der Waals surface area (Å²) in [5.74, 6) is 1.42. The highest BCUT2D eigenvalue weighted by molar-refractivity contribution is 7.99. The normalized spacial score (nSPS) is 10.8. The van der Waals surface area contributed by atoms with Gasteiger partial charge in [0, 0.05) is 16.4 Å². The van der Waals surface area contributed by atoms with Crippen LogP contribution in [0.4, 0.5) is 5.69 Å². The van der Waals surface area contributed by atoms with Gasteiger partial charge in [-0.15, -0.1) is 10.2 Å². The molecule has 0 aliphatic rings. The molecule has 0 saturated heterocycles. The molecule has 0 radical (unpaired) electrons. The quantitative estimate of drug-likeness (QED) is 0.322. The third-order valence-corrected chi connectivity index (χ3v) is 6.07. The number of carbonyl (C=O) groups is 1. The van der Waals surface area contributed by atoms with Crippen LogP contribution >= 0.6 is 23.4 Å². The van der Waals surface area contributed by atoms with Gasteiger partial charge in [0.2, 0.25) is 5.91 Å². The molecule has 4 aromatic rings. The maximum atomic E-state index is 12.6. The molecule has 0 atom stereocenters. The fourth-order valence-electron chi connectivity index (χ4n) is 3.27. The molecule has 1 heterocycles. The van der Waals surface area contributed by atoms with E-state index in [1.165, 1.54) is 11.8 Å². The number of halogens is 1. The van der Waals surface area contributed by atoms with Gasteiger partial charge in [0.1, 0.15) is 12.4 Å². The van der Waals surface area contributed by atoms with Gasteiger partial charge >= 0.3 is 0 Å². The number of rotatable bonds is 8. The summed E-state index contributed by atoms with van der Waals surface area (Å²) in [5.41, 5.74) is 3.90. The standard InChI is InChI=1S/C25H23ClN4O2S/c1-17-8-13-22(18(2)14-17)27-24(31)16-33-25-29-28-23(30(25)20-6-4-3-5-7-20)15-32-21-11-9-19(26)10-12-21/h3-14H,15-16H2,1-2H3,(H,27,31). The van der Waals surface area contributed by atoms with Gasteiger partial charge in [-0.25, -0.2) is 0 Å². The van der Waals surface area contributed by atoms with Crippen LogP contribution in [0.1, 0.15) is 17.0 Å². The summed E-state index contributed by atoms with van der Waals surface area (Å²) in [6, 6.07) is 22.9. The number of hydrogen-bond acceptors (Lipinski definition) is 5. The summed E-state index contributed by atoms with van der Waals surface area (Å²) in [4.78, 5) is 12.6. The van der Waals surface area contributed by atoms with Gasteiger partial charge in [-0.05, 0) is 61.9 Å². The molecule has 0 bridgehead atoms. The Balaban J connectivity index is 1.49. The summed E-state index contributed by atoms with van der Waals surface area (Å²) in [5, 5.41) is 12.9. The molecule has 0 unspecified atom stereocenters. The molecule has 0 saturated carbocycles. The number of benzene rings is 3. The van der Waals surface area contributed by atoms with Gasteiger partial charge in [-0.3, -0.25) is 9.36 Å². The van der Waals surface area contributed by atoms with E-state index in [1.807, 2.05) is 66.9 Å². The van der Waals surface area contributed by atoms with E-state index >= 15 is 0 Å². The Kier molecular flexibility index (Phi) is 7.32. The van der Waals surface area contributed by atoms with Gasteiger partial charge in [0.15, 0.2) is 11.0 Å². The van der Waals surface area contributed by atoms with Crippen LogP contribution in [0.25, 0.3) is 5.69 Å². The lowest BCUT2D eigenvalue weighted by Gasteiger charge is -2.12. The average Bonchev–Trinajstić information content (AvgIpc) is 3.22. The lowest BCUT2D eigenvalue weighted by Crippen LogP contribution is -2.15. The minimum absolute atomic E-state index is 0.103. The number of aryl methyl sites for hydroxylation is 2. The minimum atomic E-state index is -0.103. The third-order valence-electron chi connectivity index (χ3n) is 4.88. The molecule has 6 nitrogen and oxygen atoms in total. The average molecular weight is 479 g/mol. The van der Waals surface area contributed by atoms with Gasteiger partial charge < -0.3 is 10.1 Å². The Morgan fingerprint density at radius 2 is 1.79 bits per heavy atom. The Morgan fingerprint density at radius 3 is 2.52 bits per heavy atom. The number of nitrogens with one attached hydrogen (secondary N) is 1. The highest BCUT2D eigenvalue weighted by atomic mass is 35.5. The number of para-hydroxylation sites is 1. The van der Waals surface area contributed by atoms with Gasteiger partial charge in [0.05, 0.1) is 5.75 Å². The summed E-state index contributed by atoms with van der Waals surface area (Å²) >= 11 is 7.27. The zero-order valence-corrected chi connectivity index (χ0v) is 19.9. The molecule has 0 aliphatic heterocycles. The molecule has 0 fully saturated rings. The Bertz CT molecular complexity index is 1240. The van der Waals surface area contributed by atoms with Crippen molar-refractivity contribution in [2.75, 3.05) is 11.1 Å². The maximum absolute atomic E-state index is 12.6. The van der Waals surface area contributed by atoms with E-state index in [0.717, 1.165) is 22.5 Å². The lowest BCUT2D eigenvalue weighted by molar-refractivity contribution is -0.113. The van der Waals surface area contributed by atoms with E-state index in [2.05, 4.69) is 15.5 Å². The largest absolute Gasteiger partial charge is 0.486 e. The SMILES string of the molecule is Cc1ccc(NC(=O)CSc2nnc(COc3ccc(Cl)cc3)n2-c2ccccc2)c(C)c1. The second-order valence-corrected chi connectivity index (χ2v) is 8.85. The lowest BCUT2D eigenvalue weighted by atomic mass is 10.1. The second-order valence-electron chi connectivity index (χ2n) is 7.47. The Labute approximate surface area is 202 Å². The molecular formula is C25H23ClN4O2S. The van der Waals surface area contributed by atoms with Crippen molar-refractivity contribution in [3.8, 4) is 11.4 Å². The summed E-state index contributed by atoms with van der Waals surface area (Å²) < 4.78 is 7.79. The van der Waals surface area contributed by atoms with Crippen LogP contribution in [-0.2, 0) is 11.4 Å².